The van der Waals surface area contributed by atoms with Crippen LogP contribution in [0.15, 0.2) is 17.7 Å². The van der Waals surface area contributed by atoms with E-state index in [-0.39, 0.29) is 17.7 Å². The molecule has 11 heteroatoms. The van der Waals surface area contributed by atoms with Gasteiger partial charge < -0.3 is 19.3 Å². The van der Waals surface area contributed by atoms with Crippen LogP contribution in [0.5, 0.6) is 11.5 Å². The van der Waals surface area contributed by atoms with Crippen molar-refractivity contribution in [1.82, 2.24) is 0 Å². The fraction of sp³-hybridized carbons (Fsp3) is 0.471. The Hall–Kier alpha value is -2.43. The molecule has 5 nitrogen and oxygen atoms in total. The standard InChI is InChI=1S/C17H16F6O5/c1-4-26-14(24)10-6-8-5-9(28-17(21,22)23)7-11(15(2,3)25)12(8)27-13(10)16(18,19)20/h5-7,13,25H,4H2,1-3H3. The third-order valence-electron chi connectivity index (χ3n) is 3.62. The fourth-order valence-electron chi connectivity index (χ4n) is 2.56. The van der Waals surface area contributed by atoms with Gasteiger partial charge in [0, 0.05) is 11.1 Å². The fourth-order valence-corrected chi connectivity index (χ4v) is 2.56. The molecule has 1 aromatic rings. The van der Waals surface area contributed by atoms with Crippen molar-refractivity contribution in [2.75, 3.05) is 6.61 Å². The van der Waals surface area contributed by atoms with Crippen molar-refractivity contribution >= 4 is 12.0 Å². The summed E-state index contributed by atoms with van der Waals surface area (Å²) in [5.41, 5.74) is -3.49. The molecule has 28 heavy (non-hydrogen) atoms. The normalized spacial score (nSPS) is 17.4. The molecule has 2 rings (SSSR count). The van der Waals surface area contributed by atoms with Crippen molar-refractivity contribution < 1.29 is 50.5 Å². The van der Waals surface area contributed by atoms with E-state index in [9.17, 15) is 36.2 Å². The Kier molecular flexibility index (Phi) is 5.61. The maximum Gasteiger partial charge on any atom is 0.573 e. The van der Waals surface area contributed by atoms with Crippen molar-refractivity contribution in [2.45, 2.75) is 45.0 Å². The molecule has 1 aliphatic rings. The maximum absolute atomic E-state index is 13.4. The van der Waals surface area contributed by atoms with Gasteiger partial charge in [-0.3, -0.25) is 0 Å². The first kappa shape index (κ1) is 21.9. The van der Waals surface area contributed by atoms with E-state index < -0.39 is 47.3 Å². The number of esters is 1. The third-order valence-corrected chi connectivity index (χ3v) is 3.62. The Balaban J connectivity index is 2.70. The second-order valence-electron chi connectivity index (χ2n) is 6.36. The molecule has 0 saturated heterocycles. The van der Waals surface area contributed by atoms with E-state index in [2.05, 4.69) is 9.47 Å². The largest absolute Gasteiger partial charge is 0.573 e. The summed E-state index contributed by atoms with van der Waals surface area (Å²) in [7, 11) is 0. The second-order valence-corrected chi connectivity index (χ2v) is 6.36. The number of carbonyl (C=O) groups excluding carboxylic acids is 1. The van der Waals surface area contributed by atoms with Crippen LogP contribution in [0.2, 0.25) is 0 Å². The van der Waals surface area contributed by atoms with Crippen LogP contribution in [-0.2, 0) is 15.1 Å². The van der Waals surface area contributed by atoms with Crippen LogP contribution in [0.3, 0.4) is 0 Å². The zero-order chi connectivity index (χ0) is 21.5. The molecular formula is C17H16F6O5. The van der Waals surface area contributed by atoms with Crippen molar-refractivity contribution in [3.63, 3.8) is 0 Å². The predicted molar refractivity (Wildman–Crippen MR) is 83.5 cm³/mol. The van der Waals surface area contributed by atoms with E-state index in [4.69, 9.17) is 4.74 Å². The first-order valence-electron chi connectivity index (χ1n) is 7.92. The molecule has 0 fully saturated rings. The molecule has 0 saturated carbocycles. The Morgan fingerprint density at radius 1 is 1.18 bits per heavy atom. The summed E-state index contributed by atoms with van der Waals surface area (Å²) in [5, 5.41) is 10.2. The summed E-state index contributed by atoms with van der Waals surface area (Å²) >= 11 is 0. The highest BCUT2D eigenvalue weighted by atomic mass is 19.4. The number of ether oxygens (including phenoxy) is 3. The Bertz CT molecular complexity index is 789. The van der Waals surface area contributed by atoms with Gasteiger partial charge in [-0.25, -0.2) is 4.79 Å². The van der Waals surface area contributed by atoms with Gasteiger partial charge in [0.05, 0.1) is 17.8 Å². The molecule has 1 aromatic carbocycles. The molecule has 1 atom stereocenters. The SMILES string of the molecule is CCOC(=O)C1=Cc2cc(OC(F)(F)F)cc(C(C)(C)O)c2OC1C(F)(F)F. The average Bonchev–Trinajstić information content (AvgIpc) is 2.49. The summed E-state index contributed by atoms with van der Waals surface area (Å²) in [6.45, 7) is 3.45. The zero-order valence-corrected chi connectivity index (χ0v) is 14.9. The van der Waals surface area contributed by atoms with Gasteiger partial charge in [-0.1, -0.05) is 0 Å². The highest BCUT2D eigenvalue weighted by Gasteiger charge is 2.49. The quantitative estimate of drug-likeness (QED) is 0.594. The summed E-state index contributed by atoms with van der Waals surface area (Å²) in [6, 6.07) is 1.48. The molecule has 0 bridgehead atoms. The number of hydrogen-bond donors (Lipinski definition) is 1. The summed E-state index contributed by atoms with van der Waals surface area (Å²) in [5.74, 6) is -2.64. The molecule has 1 heterocycles. The van der Waals surface area contributed by atoms with E-state index in [0.29, 0.717) is 6.08 Å². The highest BCUT2D eigenvalue weighted by Crippen LogP contribution is 2.44. The van der Waals surface area contributed by atoms with Gasteiger partial charge in [-0.15, -0.1) is 13.2 Å². The molecule has 1 aliphatic heterocycles. The lowest BCUT2D eigenvalue weighted by Gasteiger charge is -2.32. The van der Waals surface area contributed by atoms with Gasteiger partial charge in [0.2, 0.25) is 6.10 Å². The van der Waals surface area contributed by atoms with Crippen LogP contribution in [0, 0.1) is 0 Å². The minimum atomic E-state index is -5.08. The van der Waals surface area contributed by atoms with Gasteiger partial charge in [-0.05, 0) is 39.0 Å². The van der Waals surface area contributed by atoms with Crippen molar-refractivity contribution in [2.24, 2.45) is 0 Å². The van der Waals surface area contributed by atoms with Gasteiger partial charge in [0.25, 0.3) is 0 Å². The van der Waals surface area contributed by atoms with Crippen LogP contribution in [-0.4, -0.2) is 36.3 Å². The van der Waals surface area contributed by atoms with Gasteiger partial charge in [0.15, 0.2) is 0 Å². The first-order valence-corrected chi connectivity index (χ1v) is 7.92. The third kappa shape index (κ3) is 4.89. The van der Waals surface area contributed by atoms with E-state index in [0.717, 1.165) is 26.0 Å². The lowest BCUT2D eigenvalue weighted by atomic mass is 9.91. The Morgan fingerprint density at radius 3 is 2.25 bits per heavy atom. The highest BCUT2D eigenvalue weighted by molar-refractivity contribution is 5.96. The zero-order valence-electron chi connectivity index (χ0n) is 14.9. The average molecular weight is 414 g/mol. The number of benzene rings is 1. The Labute approximate surface area is 155 Å². The predicted octanol–water partition coefficient (Wildman–Crippen LogP) is 4.08. The molecule has 0 radical (unpaired) electrons. The second kappa shape index (κ2) is 7.19. The molecule has 0 spiro atoms. The number of halogens is 6. The van der Waals surface area contributed by atoms with Crippen LogP contribution < -0.4 is 9.47 Å². The minimum absolute atomic E-state index is 0.222. The van der Waals surface area contributed by atoms with Crippen LogP contribution in [0.25, 0.3) is 6.08 Å². The van der Waals surface area contributed by atoms with Crippen molar-refractivity contribution in [3.05, 3.63) is 28.8 Å². The van der Waals surface area contributed by atoms with Crippen LogP contribution >= 0.6 is 0 Å². The molecule has 0 aromatic heterocycles. The van der Waals surface area contributed by atoms with Crippen molar-refractivity contribution in [1.29, 1.82) is 0 Å². The molecule has 0 aliphatic carbocycles. The molecular weight excluding hydrogens is 398 g/mol. The Morgan fingerprint density at radius 2 is 1.79 bits per heavy atom. The molecule has 1 N–H and O–H groups in total. The lowest BCUT2D eigenvalue weighted by molar-refractivity contribution is -0.274. The first-order chi connectivity index (χ1) is 12.6. The topological polar surface area (TPSA) is 65.0 Å². The molecule has 1 unspecified atom stereocenters. The van der Waals surface area contributed by atoms with Crippen LogP contribution in [0.4, 0.5) is 26.3 Å². The summed E-state index contributed by atoms with van der Waals surface area (Å²) < 4.78 is 91.2. The van der Waals surface area contributed by atoms with Crippen molar-refractivity contribution in [3.8, 4) is 11.5 Å². The molecule has 0 amide bonds. The smallest absolute Gasteiger partial charge is 0.475 e. The van der Waals surface area contributed by atoms with E-state index in [1.165, 1.54) is 6.92 Å². The minimum Gasteiger partial charge on any atom is -0.475 e. The summed E-state index contributed by atoms with van der Waals surface area (Å²) in [6.07, 6.45) is -12.1. The lowest BCUT2D eigenvalue weighted by Crippen LogP contribution is -2.41. The summed E-state index contributed by atoms with van der Waals surface area (Å²) in [4.78, 5) is 11.9. The molecule has 156 valence electrons. The van der Waals surface area contributed by atoms with E-state index >= 15 is 0 Å². The van der Waals surface area contributed by atoms with Gasteiger partial charge >= 0.3 is 18.5 Å². The van der Waals surface area contributed by atoms with Gasteiger partial charge in [0.1, 0.15) is 11.5 Å². The maximum atomic E-state index is 13.4. The number of alkyl halides is 6. The van der Waals surface area contributed by atoms with E-state index in [1.54, 1.807) is 0 Å². The van der Waals surface area contributed by atoms with E-state index in [1.807, 2.05) is 0 Å². The van der Waals surface area contributed by atoms with Gasteiger partial charge in [-0.2, -0.15) is 13.2 Å². The number of rotatable bonds is 4. The number of hydrogen-bond acceptors (Lipinski definition) is 5. The monoisotopic (exact) mass is 414 g/mol. The van der Waals surface area contributed by atoms with Crippen LogP contribution in [0.1, 0.15) is 31.9 Å². The number of fused-ring (bicyclic) bond motifs is 1. The number of aliphatic hydroxyl groups is 1. The number of carbonyl (C=O) groups is 1.